The van der Waals surface area contributed by atoms with E-state index in [2.05, 4.69) is 10.6 Å². The highest BCUT2D eigenvalue weighted by Gasteiger charge is 2.16. The molecule has 0 aliphatic carbocycles. The summed E-state index contributed by atoms with van der Waals surface area (Å²) in [7, 11) is 0. The zero-order chi connectivity index (χ0) is 12.1. The number of aromatic nitrogens is 1. The van der Waals surface area contributed by atoms with Crippen molar-refractivity contribution in [2.45, 2.75) is 25.4 Å². The fourth-order valence-corrected chi connectivity index (χ4v) is 1.94. The van der Waals surface area contributed by atoms with Gasteiger partial charge in [-0.1, -0.05) is 6.07 Å². The number of nitrogens with one attached hydrogen (secondary N) is 2. The van der Waals surface area contributed by atoms with Crippen molar-refractivity contribution in [1.82, 2.24) is 15.2 Å². The lowest BCUT2D eigenvalue weighted by atomic mass is 10.1. The van der Waals surface area contributed by atoms with Crippen molar-refractivity contribution in [3.8, 4) is 0 Å². The van der Waals surface area contributed by atoms with Crippen LogP contribution in [0.2, 0.25) is 0 Å². The molecule has 0 spiro atoms. The van der Waals surface area contributed by atoms with Gasteiger partial charge in [0.1, 0.15) is 0 Å². The third-order valence-electron chi connectivity index (χ3n) is 2.95. The average molecular weight is 235 g/mol. The molecule has 92 valence electrons. The van der Waals surface area contributed by atoms with Crippen LogP contribution in [-0.4, -0.2) is 29.6 Å². The molecular formula is C12H17N3O2. The minimum absolute atomic E-state index is 0.0197. The molecule has 0 bridgehead atoms. The summed E-state index contributed by atoms with van der Waals surface area (Å²) in [5.74, 6) is 0.127. The SMILES string of the molecule is O=C1CCC(NCCn2ccccc2=O)CN1. The lowest BCUT2D eigenvalue weighted by Crippen LogP contribution is -2.46. The monoisotopic (exact) mass is 235 g/mol. The number of nitrogens with zero attached hydrogens (tertiary/aromatic N) is 1. The first-order chi connectivity index (χ1) is 8.25. The van der Waals surface area contributed by atoms with Crippen LogP contribution in [0.1, 0.15) is 12.8 Å². The molecule has 1 fully saturated rings. The Balaban J connectivity index is 1.75. The lowest BCUT2D eigenvalue weighted by Gasteiger charge is -2.23. The molecule has 2 rings (SSSR count). The summed E-state index contributed by atoms with van der Waals surface area (Å²) in [5, 5.41) is 6.17. The first-order valence-corrected chi connectivity index (χ1v) is 5.91. The maximum absolute atomic E-state index is 11.4. The van der Waals surface area contributed by atoms with Crippen LogP contribution >= 0.6 is 0 Å². The smallest absolute Gasteiger partial charge is 0.250 e. The standard InChI is InChI=1S/C12H17N3O2/c16-11-5-4-10(9-14-11)13-6-8-15-7-2-1-3-12(15)17/h1-3,7,10,13H,4-6,8-9H2,(H,14,16). The highest BCUT2D eigenvalue weighted by atomic mass is 16.1. The second kappa shape index (κ2) is 5.63. The van der Waals surface area contributed by atoms with Gasteiger partial charge in [0.05, 0.1) is 0 Å². The van der Waals surface area contributed by atoms with Gasteiger partial charge in [-0.15, -0.1) is 0 Å². The van der Waals surface area contributed by atoms with E-state index in [1.165, 1.54) is 0 Å². The van der Waals surface area contributed by atoms with Crippen LogP contribution < -0.4 is 16.2 Å². The van der Waals surface area contributed by atoms with E-state index in [1.807, 2.05) is 6.07 Å². The van der Waals surface area contributed by atoms with Gasteiger partial charge in [-0.25, -0.2) is 0 Å². The second-order valence-corrected chi connectivity index (χ2v) is 4.23. The number of amides is 1. The van der Waals surface area contributed by atoms with Crippen molar-refractivity contribution in [2.75, 3.05) is 13.1 Å². The van der Waals surface area contributed by atoms with Crippen molar-refractivity contribution in [2.24, 2.45) is 0 Å². The van der Waals surface area contributed by atoms with E-state index in [9.17, 15) is 9.59 Å². The maximum atomic E-state index is 11.4. The Kier molecular flexibility index (Phi) is 3.93. The molecule has 1 aliphatic rings. The number of piperidine rings is 1. The number of carbonyl (C=O) groups is 1. The van der Waals surface area contributed by atoms with Gasteiger partial charge < -0.3 is 15.2 Å². The van der Waals surface area contributed by atoms with E-state index in [0.717, 1.165) is 13.0 Å². The van der Waals surface area contributed by atoms with Crippen LogP contribution in [0.5, 0.6) is 0 Å². The van der Waals surface area contributed by atoms with Crippen molar-refractivity contribution in [1.29, 1.82) is 0 Å². The van der Waals surface area contributed by atoms with Crippen molar-refractivity contribution in [3.05, 3.63) is 34.7 Å². The molecule has 1 atom stereocenters. The van der Waals surface area contributed by atoms with Gasteiger partial charge in [-0.3, -0.25) is 9.59 Å². The molecule has 0 radical (unpaired) electrons. The minimum Gasteiger partial charge on any atom is -0.355 e. The third-order valence-corrected chi connectivity index (χ3v) is 2.95. The van der Waals surface area contributed by atoms with Crippen LogP contribution in [0.25, 0.3) is 0 Å². The molecule has 5 nitrogen and oxygen atoms in total. The van der Waals surface area contributed by atoms with E-state index in [1.54, 1.807) is 22.9 Å². The molecule has 2 heterocycles. The first kappa shape index (κ1) is 11.9. The molecular weight excluding hydrogens is 218 g/mol. The molecule has 5 heteroatoms. The molecule has 1 aliphatic heterocycles. The molecule has 1 unspecified atom stereocenters. The van der Waals surface area contributed by atoms with E-state index < -0.39 is 0 Å². The summed E-state index contributed by atoms with van der Waals surface area (Å²) in [6.07, 6.45) is 3.24. The zero-order valence-corrected chi connectivity index (χ0v) is 9.69. The molecule has 1 amide bonds. The quantitative estimate of drug-likeness (QED) is 0.754. The maximum Gasteiger partial charge on any atom is 0.250 e. The van der Waals surface area contributed by atoms with Gasteiger partial charge in [0, 0.05) is 44.4 Å². The van der Waals surface area contributed by atoms with Gasteiger partial charge in [0.2, 0.25) is 5.91 Å². The van der Waals surface area contributed by atoms with Gasteiger partial charge >= 0.3 is 0 Å². The fraction of sp³-hybridized carbons (Fsp3) is 0.500. The van der Waals surface area contributed by atoms with Crippen LogP contribution in [0.4, 0.5) is 0 Å². The molecule has 0 aromatic carbocycles. The Morgan fingerprint density at radius 3 is 3.00 bits per heavy atom. The Labute approximate surface area is 99.8 Å². The van der Waals surface area contributed by atoms with E-state index >= 15 is 0 Å². The summed E-state index contributed by atoms with van der Waals surface area (Å²) in [4.78, 5) is 22.4. The predicted octanol–water partition coefficient (Wildman–Crippen LogP) is -0.283. The average Bonchev–Trinajstić information content (AvgIpc) is 2.34. The molecule has 1 saturated heterocycles. The summed E-state index contributed by atoms with van der Waals surface area (Å²) >= 11 is 0. The van der Waals surface area contributed by atoms with E-state index in [4.69, 9.17) is 0 Å². The Morgan fingerprint density at radius 1 is 1.41 bits per heavy atom. The Morgan fingerprint density at radius 2 is 2.29 bits per heavy atom. The summed E-state index contributed by atoms with van der Waals surface area (Å²) in [6, 6.07) is 5.47. The first-order valence-electron chi connectivity index (χ1n) is 5.91. The van der Waals surface area contributed by atoms with Gasteiger partial charge in [0.15, 0.2) is 0 Å². The largest absolute Gasteiger partial charge is 0.355 e. The number of hydrogen-bond acceptors (Lipinski definition) is 3. The van der Waals surface area contributed by atoms with E-state index in [-0.39, 0.29) is 11.5 Å². The van der Waals surface area contributed by atoms with Crippen LogP contribution in [0.15, 0.2) is 29.2 Å². The van der Waals surface area contributed by atoms with Crippen LogP contribution in [0.3, 0.4) is 0 Å². The predicted molar refractivity (Wildman–Crippen MR) is 64.7 cm³/mol. The molecule has 1 aromatic rings. The van der Waals surface area contributed by atoms with Crippen molar-refractivity contribution in [3.63, 3.8) is 0 Å². The number of carbonyl (C=O) groups excluding carboxylic acids is 1. The lowest BCUT2D eigenvalue weighted by molar-refractivity contribution is -0.122. The normalized spacial score (nSPS) is 20.0. The highest BCUT2D eigenvalue weighted by Crippen LogP contribution is 2.01. The highest BCUT2D eigenvalue weighted by molar-refractivity contribution is 5.76. The van der Waals surface area contributed by atoms with E-state index in [0.29, 0.717) is 25.6 Å². The molecule has 17 heavy (non-hydrogen) atoms. The van der Waals surface area contributed by atoms with Crippen molar-refractivity contribution >= 4 is 5.91 Å². The van der Waals surface area contributed by atoms with Crippen LogP contribution in [-0.2, 0) is 11.3 Å². The summed E-state index contributed by atoms with van der Waals surface area (Å²) in [5.41, 5.74) is 0.0197. The van der Waals surface area contributed by atoms with Gasteiger partial charge in [-0.05, 0) is 12.5 Å². The Bertz CT molecular complexity index is 431. The molecule has 1 aromatic heterocycles. The third kappa shape index (κ3) is 3.42. The Hall–Kier alpha value is -1.62. The number of hydrogen-bond donors (Lipinski definition) is 2. The van der Waals surface area contributed by atoms with Gasteiger partial charge in [0.25, 0.3) is 5.56 Å². The van der Waals surface area contributed by atoms with Crippen LogP contribution in [0, 0.1) is 0 Å². The zero-order valence-electron chi connectivity index (χ0n) is 9.69. The van der Waals surface area contributed by atoms with Crippen molar-refractivity contribution < 1.29 is 4.79 Å². The molecule has 2 N–H and O–H groups in total. The summed E-state index contributed by atoms with van der Waals surface area (Å²) in [6.45, 7) is 2.08. The second-order valence-electron chi connectivity index (χ2n) is 4.23. The van der Waals surface area contributed by atoms with Gasteiger partial charge in [-0.2, -0.15) is 0 Å². The summed E-state index contributed by atoms with van der Waals surface area (Å²) < 4.78 is 1.68. The number of rotatable bonds is 4. The molecule has 0 saturated carbocycles. The minimum atomic E-state index is 0.0197. The number of pyridine rings is 1. The fourth-order valence-electron chi connectivity index (χ4n) is 1.94. The topological polar surface area (TPSA) is 63.1 Å².